The highest BCUT2D eigenvalue weighted by molar-refractivity contribution is 6.00. The van der Waals surface area contributed by atoms with Crippen LogP contribution in [0.15, 0.2) is 61.1 Å². The predicted octanol–water partition coefficient (Wildman–Crippen LogP) is 2.40. The van der Waals surface area contributed by atoms with Crippen molar-refractivity contribution in [1.29, 1.82) is 0 Å². The molecule has 0 spiro atoms. The van der Waals surface area contributed by atoms with E-state index in [1.54, 1.807) is 16.9 Å². The van der Waals surface area contributed by atoms with Gasteiger partial charge in [0.2, 0.25) is 0 Å². The number of rotatable bonds is 5. The Labute approximate surface area is 184 Å². The number of hydrogen-bond donors (Lipinski definition) is 2. The van der Waals surface area contributed by atoms with E-state index in [0.29, 0.717) is 36.8 Å². The second-order valence-electron chi connectivity index (χ2n) is 7.92. The monoisotopic (exact) mass is 429 g/mol. The summed E-state index contributed by atoms with van der Waals surface area (Å²) in [5.41, 5.74) is 3.84. The summed E-state index contributed by atoms with van der Waals surface area (Å²) in [6.07, 6.45) is 6.81. The Balaban J connectivity index is 1.27. The van der Waals surface area contributed by atoms with Gasteiger partial charge in [-0.15, -0.1) is 0 Å². The molecule has 5 rings (SSSR count). The van der Waals surface area contributed by atoms with Crippen molar-refractivity contribution in [2.75, 3.05) is 13.1 Å². The molecule has 9 heteroatoms. The van der Waals surface area contributed by atoms with Gasteiger partial charge >= 0.3 is 0 Å². The molecule has 1 aliphatic rings. The highest BCUT2D eigenvalue weighted by Crippen LogP contribution is 2.30. The maximum absolute atomic E-state index is 12.7. The number of amides is 2. The van der Waals surface area contributed by atoms with Gasteiger partial charge in [0.05, 0.1) is 30.0 Å². The Morgan fingerprint density at radius 2 is 1.91 bits per heavy atom. The van der Waals surface area contributed by atoms with Gasteiger partial charge < -0.3 is 10.2 Å². The van der Waals surface area contributed by atoms with Gasteiger partial charge in [0.1, 0.15) is 5.69 Å². The van der Waals surface area contributed by atoms with Gasteiger partial charge in [-0.1, -0.05) is 18.2 Å². The van der Waals surface area contributed by atoms with Gasteiger partial charge in [0.25, 0.3) is 11.8 Å². The largest absolute Gasteiger partial charge is 0.346 e. The van der Waals surface area contributed by atoms with Crippen LogP contribution in [0.2, 0.25) is 0 Å². The minimum atomic E-state index is -0.205. The van der Waals surface area contributed by atoms with Gasteiger partial charge in [-0.05, 0) is 48.6 Å². The van der Waals surface area contributed by atoms with E-state index in [0.717, 1.165) is 29.5 Å². The van der Waals surface area contributed by atoms with Crippen LogP contribution in [0.1, 0.15) is 50.7 Å². The quantitative estimate of drug-likeness (QED) is 0.506. The van der Waals surface area contributed by atoms with Crippen molar-refractivity contribution in [3.05, 3.63) is 83.4 Å². The van der Waals surface area contributed by atoms with E-state index >= 15 is 0 Å². The molecule has 32 heavy (non-hydrogen) atoms. The Hall–Kier alpha value is -4.01. The summed E-state index contributed by atoms with van der Waals surface area (Å²) in [4.78, 5) is 27.3. The van der Waals surface area contributed by atoms with Crippen LogP contribution in [0.25, 0.3) is 5.52 Å². The van der Waals surface area contributed by atoms with E-state index in [-0.39, 0.29) is 11.8 Å². The number of nitrogens with one attached hydrogen (secondary N) is 2. The molecule has 1 fully saturated rings. The topological polar surface area (TPSA) is 108 Å². The van der Waals surface area contributed by atoms with Gasteiger partial charge in [-0.2, -0.15) is 20.5 Å². The lowest BCUT2D eigenvalue weighted by molar-refractivity contribution is 0.0712. The first kappa shape index (κ1) is 19.9. The molecule has 2 amide bonds. The summed E-state index contributed by atoms with van der Waals surface area (Å²) in [6.45, 7) is 1.72. The maximum atomic E-state index is 12.7. The normalized spacial score (nSPS) is 14.6. The third-order valence-corrected chi connectivity index (χ3v) is 5.96. The van der Waals surface area contributed by atoms with Crippen LogP contribution in [0.5, 0.6) is 0 Å². The number of nitrogens with zero attached hydrogens (tertiary/aromatic N) is 5. The van der Waals surface area contributed by atoms with Crippen molar-refractivity contribution in [3.8, 4) is 0 Å². The predicted molar refractivity (Wildman–Crippen MR) is 117 cm³/mol. The Kier molecular flexibility index (Phi) is 5.37. The summed E-state index contributed by atoms with van der Waals surface area (Å²) in [6, 6.07) is 13.5. The second kappa shape index (κ2) is 8.62. The summed E-state index contributed by atoms with van der Waals surface area (Å²) in [5.74, 6) is 0.213. The molecule has 4 heterocycles. The molecule has 0 bridgehead atoms. The zero-order chi connectivity index (χ0) is 21.9. The first-order valence-electron chi connectivity index (χ1n) is 10.6. The number of aromatic amines is 1. The molecular formula is C23H23N7O2. The van der Waals surface area contributed by atoms with E-state index < -0.39 is 0 Å². The fraction of sp³-hybridized carbons (Fsp3) is 0.261. The molecule has 9 nitrogen and oxygen atoms in total. The van der Waals surface area contributed by atoms with Crippen LogP contribution in [-0.4, -0.2) is 54.8 Å². The highest BCUT2D eigenvalue weighted by atomic mass is 16.2. The van der Waals surface area contributed by atoms with Crippen molar-refractivity contribution >= 4 is 17.3 Å². The molecule has 1 saturated heterocycles. The number of fused-ring (bicyclic) bond motifs is 1. The second-order valence-corrected chi connectivity index (χ2v) is 7.92. The van der Waals surface area contributed by atoms with E-state index in [9.17, 15) is 9.59 Å². The number of carbonyl (C=O) groups excluding carboxylic acids is 2. The fourth-order valence-electron chi connectivity index (χ4n) is 4.18. The highest BCUT2D eigenvalue weighted by Gasteiger charge is 2.25. The van der Waals surface area contributed by atoms with Gasteiger partial charge in [-0.25, -0.2) is 4.52 Å². The molecule has 2 N–H and O–H groups in total. The molecule has 162 valence electrons. The molecular weight excluding hydrogens is 406 g/mol. The number of H-pyrrole nitrogens is 1. The van der Waals surface area contributed by atoms with Crippen LogP contribution in [0, 0.1) is 0 Å². The van der Waals surface area contributed by atoms with Crippen LogP contribution >= 0.6 is 0 Å². The van der Waals surface area contributed by atoms with E-state index in [1.807, 2.05) is 47.5 Å². The van der Waals surface area contributed by atoms with Gasteiger partial charge in [0.15, 0.2) is 0 Å². The average Bonchev–Trinajstić information content (AvgIpc) is 3.52. The minimum absolute atomic E-state index is 0.0846. The lowest BCUT2D eigenvalue weighted by Crippen LogP contribution is -2.37. The number of carbonyl (C=O) groups is 2. The van der Waals surface area contributed by atoms with Gasteiger partial charge in [0, 0.05) is 24.8 Å². The summed E-state index contributed by atoms with van der Waals surface area (Å²) >= 11 is 0. The van der Waals surface area contributed by atoms with E-state index in [2.05, 4.69) is 31.9 Å². The van der Waals surface area contributed by atoms with Crippen molar-refractivity contribution in [1.82, 2.24) is 35.2 Å². The number of piperidine rings is 1. The van der Waals surface area contributed by atoms with E-state index in [4.69, 9.17) is 0 Å². The standard InChI is InChI=1S/C23H23N7O2/c31-22(24-13-19-14-25-28-27-19)20-15-26-30-11-8-18(12-21(20)30)16-6-9-29(10-7-16)23(32)17-4-2-1-3-5-17/h1-5,8,11-12,14-16H,6-7,9-10,13H2,(H,24,31)(H,25,27,28). The molecule has 0 aliphatic carbocycles. The molecule has 0 atom stereocenters. The molecule has 3 aromatic heterocycles. The van der Waals surface area contributed by atoms with Crippen LogP contribution in [0.3, 0.4) is 0 Å². The molecule has 4 aromatic rings. The van der Waals surface area contributed by atoms with Gasteiger partial charge in [-0.3, -0.25) is 9.59 Å². The van der Waals surface area contributed by atoms with Crippen molar-refractivity contribution < 1.29 is 9.59 Å². The van der Waals surface area contributed by atoms with Crippen LogP contribution < -0.4 is 5.32 Å². The lowest BCUT2D eigenvalue weighted by atomic mass is 9.89. The summed E-state index contributed by atoms with van der Waals surface area (Å²) < 4.78 is 1.71. The third-order valence-electron chi connectivity index (χ3n) is 5.96. The summed E-state index contributed by atoms with van der Waals surface area (Å²) in [7, 11) is 0. The maximum Gasteiger partial charge on any atom is 0.255 e. The molecule has 1 aromatic carbocycles. The Morgan fingerprint density at radius 1 is 1.09 bits per heavy atom. The lowest BCUT2D eigenvalue weighted by Gasteiger charge is -2.32. The number of likely N-dealkylation sites (tertiary alicyclic amines) is 1. The Bertz CT molecular complexity index is 1230. The molecule has 1 aliphatic heterocycles. The first-order valence-corrected chi connectivity index (χ1v) is 10.6. The van der Waals surface area contributed by atoms with Crippen molar-refractivity contribution in [2.45, 2.75) is 25.3 Å². The SMILES string of the molecule is O=C(NCc1cn[nH]n1)c1cnn2ccc(C3CCN(C(=O)c4ccccc4)CC3)cc12. The Morgan fingerprint density at radius 3 is 2.66 bits per heavy atom. The zero-order valence-electron chi connectivity index (χ0n) is 17.4. The van der Waals surface area contributed by atoms with Crippen LogP contribution in [0.4, 0.5) is 0 Å². The zero-order valence-corrected chi connectivity index (χ0v) is 17.4. The number of aromatic nitrogens is 5. The molecule has 0 radical (unpaired) electrons. The average molecular weight is 429 g/mol. The van der Waals surface area contributed by atoms with E-state index in [1.165, 1.54) is 0 Å². The van der Waals surface area contributed by atoms with Crippen molar-refractivity contribution in [2.24, 2.45) is 0 Å². The fourth-order valence-corrected chi connectivity index (χ4v) is 4.18. The number of benzene rings is 1. The number of hydrogen-bond acceptors (Lipinski definition) is 5. The smallest absolute Gasteiger partial charge is 0.255 e. The molecule has 0 unspecified atom stereocenters. The first-order chi connectivity index (χ1) is 15.7. The minimum Gasteiger partial charge on any atom is -0.346 e. The third kappa shape index (κ3) is 3.96. The number of pyridine rings is 1. The van der Waals surface area contributed by atoms with Crippen molar-refractivity contribution in [3.63, 3.8) is 0 Å². The molecule has 0 saturated carbocycles. The summed E-state index contributed by atoms with van der Waals surface area (Å²) in [5, 5.41) is 17.4. The van der Waals surface area contributed by atoms with Crippen LogP contribution in [-0.2, 0) is 6.54 Å².